The highest BCUT2D eigenvalue weighted by Gasteiger charge is 2.17. The predicted octanol–water partition coefficient (Wildman–Crippen LogP) is -0.407. The standard InChI is InChI=1S/C11H25N3O/c1-10(2)12-11(9-15)8-14-6-4-13(3)5-7-14/h10-12,15H,4-9H2,1-3H3. The zero-order valence-electron chi connectivity index (χ0n) is 10.2. The van der Waals surface area contributed by atoms with Crippen LogP contribution in [-0.4, -0.2) is 73.4 Å². The molecule has 1 aliphatic rings. The van der Waals surface area contributed by atoms with Gasteiger partial charge in [-0.2, -0.15) is 0 Å². The predicted molar refractivity (Wildman–Crippen MR) is 63.1 cm³/mol. The van der Waals surface area contributed by atoms with Crippen LogP contribution in [0.1, 0.15) is 13.8 Å². The maximum Gasteiger partial charge on any atom is 0.0597 e. The summed E-state index contributed by atoms with van der Waals surface area (Å²) in [7, 11) is 2.16. The first-order valence-corrected chi connectivity index (χ1v) is 5.89. The van der Waals surface area contributed by atoms with Crippen LogP contribution in [-0.2, 0) is 0 Å². The van der Waals surface area contributed by atoms with Gasteiger partial charge in [-0.15, -0.1) is 0 Å². The molecule has 1 fully saturated rings. The lowest BCUT2D eigenvalue weighted by Crippen LogP contribution is -2.51. The van der Waals surface area contributed by atoms with Crippen LogP contribution in [0.25, 0.3) is 0 Å². The summed E-state index contributed by atoms with van der Waals surface area (Å²) in [6.45, 7) is 9.94. The molecule has 0 aromatic carbocycles. The van der Waals surface area contributed by atoms with E-state index in [-0.39, 0.29) is 12.6 Å². The fourth-order valence-corrected chi connectivity index (χ4v) is 1.98. The smallest absolute Gasteiger partial charge is 0.0597 e. The fourth-order valence-electron chi connectivity index (χ4n) is 1.98. The molecule has 0 spiro atoms. The summed E-state index contributed by atoms with van der Waals surface area (Å²) < 4.78 is 0. The Labute approximate surface area is 93.2 Å². The molecule has 0 aromatic heterocycles. The number of likely N-dealkylation sites (N-methyl/N-ethyl adjacent to an activating group) is 1. The second-order valence-electron chi connectivity index (χ2n) is 4.80. The Bertz CT molecular complexity index is 167. The van der Waals surface area contributed by atoms with Crippen LogP contribution < -0.4 is 5.32 Å². The Morgan fingerprint density at radius 2 is 1.80 bits per heavy atom. The van der Waals surface area contributed by atoms with Gasteiger partial charge in [-0.25, -0.2) is 0 Å². The summed E-state index contributed by atoms with van der Waals surface area (Å²) in [5.41, 5.74) is 0. The van der Waals surface area contributed by atoms with Crippen molar-refractivity contribution in [2.24, 2.45) is 0 Å². The molecule has 1 unspecified atom stereocenters. The monoisotopic (exact) mass is 215 g/mol. The molecule has 1 heterocycles. The van der Waals surface area contributed by atoms with Gasteiger partial charge in [-0.3, -0.25) is 4.90 Å². The molecule has 0 radical (unpaired) electrons. The molecule has 1 saturated heterocycles. The number of aliphatic hydroxyl groups excluding tert-OH is 1. The lowest BCUT2D eigenvalue weighted by Gasteiger charge is -2.34. The highest BCUT2D eigenvalue weighted by atomic mass is 16.3. The van der Waals surface area contributed by atoms with Crippen molar-refractivity contribution >= 4 is 0 Å². The summed E-state index contributed by atoms with van der Waals surface area (Å²) in [5.74, 6) is 0. The zero-order valence-corrected chi connectivity index (χ0v) is 10.2. The van der Waals surface area contributed by atoms with Crippen molar-refractivity contribution in [3.63, 3.8) is 0 Å². The minimum absolute atomic E-state index is 0.216. The Morgan fingerprint density at radius 1 is 1.20 bits per heavy atom. The number of nitrogens with one attached hydrogen (secondary N) is 1. The van der Waals surface area contributed by atoms with Crippen molar-refractivity contribution < 1.29 is 5.11 Å². The van der Waals surface area contributed by atoms with E-state index in [9.17, 15) is 5.11 Å². The van der Waals surface area contributed by atoms with Crippen molar-refractivity contribution in [3.05, 3.63) is 0 Å². The topological polar surface area (TPSA) is 38.7 Å². The molecular weight excluding hydrogens is 190 g/mol. The second kappa shape index (κ2) is 6.43. The Hall–Kier alpha value is -0.160. The molecular formula is C11H25N3O. The number of rotatable bonds is 5. The third kappa shape index (κ3) is 4.93. The van der Waals surface area contributed by atoms with E-state index in [1.54, 1.807) is 0 Å². The van der Waals surface area contributed by atoms with E-state index < -0.39 is 0 Å². The third-order valence-corrected chi connectivity index (χ3v) is 2.86. The second-order valence-corrected chi connectivity index (χ2v) is 4.80. The van der Waals surface area contributed by atoms with E-state index in [1.807, 2.05) is 0 Å². The van der Waals surface area contributed by atoms with Crippen LogP contribution in [0.2, 0.25) is 0 Å². The van der Waals surface area contributed by atoms with Gasteiger partial charge < -0.3 is 15.3 Å². The van der Waals surface area contributed by atoms with Gasteiger partial charge in [0.1, 0.15) is 0 Å². The molecule has 0 aliphatic carbocycles. The van der Waals surface area contributed by atoms with E-state index in [2.05, 4.69) is 36.0 Å². The Balaban J connectivity index is 2.25. The quantitative estimate of drug-likeness (QED) is 0.654. The average Bonchev–Trinajstić information content (AvgIpc) is 2.19. The summed E-state index contributed by atoms with van der Waals surface area (Å²) in [6, 6.07) is 0.656. The first kappa shape index (κ1) is 12.9. The number of piperazine rings is 1. The van der Waals surface area contributed by atoms with Crippen LogP contribution in [0.4, 0.5) is 0 Å². The summed E-state index contributed by atoms with van der Waals surface area (Å²) in [6.07, 6.45) is 0. The van der Waals surface area contributed by atoms with Crippen LogP contribution in [0, 0.1) is 0 Å². The molecule has 4 heteroatoms. The first-order valence-electron chi connectivity index (χ1n) is 5.89. The van der Waals surface area contributed by atoms with E-state index in [4.69, 9.17) is 0 Å². The minimum atomic E-state index is 0.216. The highest BCUT2D eigenvalue weighted by molar-refractivity contribution is 4.76. The van der Waals surface area contributed by atoms with Gasteiger partial charge in [-0.05, 0) is 7.05 Å². The maximum absolute atomic E-state index is 9.26. The molecule has 0 saturated carbocycles. The van der Waals surface area contributed by atoms with E-state index in [0.717, 1.165) is 32.7 Å². The Kier molecular flexibility index (Phi) is 5.53. The average molecular weight is 215 g/mol. The van der Waals surface area contributed by atoms with Gasteiger partial charge in [0.2, 0.25) is 0 Å². The minimum Gasteiger partial charge on any atom is -0.395 e. The lowest BCUT2D eigenvalue weighted by molar-refractivity contribution is 0.122. The van der Waals surface area contributed by atoms with E-state index >= 15 is 0 Å². The molecule has 90 valence electrons. The normalized spacial score (nSPS) is 22.2. The molecule has 1 rings (SSSR count). The third-order valence-electron chi connectivity index (χ3n) is 2.86. The van der Waals surface area contributed by atoms with Crippen LogP contribution >= 0.6 is 0 Å². The van der Waals surface area contributed by atoms with E-state index in [0.29, 0.717) is 6.04 Å². The summed E-state index contributed by atoms with van der Waals surface area (Å²) in [5, 5.41) is 12.6. The SMILES string of the molecule is CC(C)NC(CO)CN1CCN(C)CC1. The van der Waals surface area contributed by atoms with E-state index in [1.165, 1.54) is 0 Å². The molecule has 1 aliphatic heterocycles. The number of aliphatic hydroxyl groups is 1. The lowest BCUT2D eigenvalue weighted by atomic mass is 10.2. The first-order chi connectivity index (χ1) is 7.11. The van der Waals surface area contributed by atoms with Gasteiger partial charge in [0.25, 0.3) is 0 Å². The van der Waals surface area contributed by atoms with Crippen molar-refractivity contribution in [1.82, 2.24) is 15.1 Å². The van der Waals surface area contributed by atoms with Gasteiger partial charge in [-0.1, -0.05) is 13.8 Å². The number of nitrogens with zero attached hydrogens (tertiary/aromatic N) is 2. The van der Waals surface area contributed by atoms with Crippen LogP contribution in [0.3, 0.4) is 0 Å². The van der Waals surface area contributed by atoms with Crippen LogP contribution in [0.5, 0.6) is 0 Å². The van der Waals surface area contributed by atoms with Crippen molar-refractivity contribution in [1.29, 1.82) is 0 Å². The number of hydrogen-bond acceptors (Lipinski definition) is 4. The van der Waals surface area contributed by atoms with Crippen LogP contribution in [0.15, 0.2) is 0 Å². The fraction of sp³-hybridized carbons (Fsp3) is 1.00. The largest absolute Gasteiger partial charge is 0.395 e. The Morgan fingerprint density at radius 3 is 2.27 bits per heavy atom. The van der Waals surface area contributed by atoms with Gasteiger partial charge in [0.05, 0.1) is 6.61 Å². The molecule has 4 nitrogen and oxygen atoms in total. The molecule has 2 N–H and O–H groups in total. The van der Waals surface area contributed by atoms with Crippen molar-refractivity contribution in [2.45, 2.75) is 25.9 Å². The van der Waals surface area contributed by atoms with Gasteiger partial charge in [0, 0.05) is 44.8 Å². The maximum atomic E-state index is 9.26. The van der Waals surface area contributed by atoms with Crippen molar-refractivity contribution in [2.75, 3.05) is 46.4 Å². The number of hydrogen-bond donors (Lipinski definition) is 2. The van der Waals surface area contributed by atoms with Gasteiger partial charge in [0.15, 0.2) is 0 Å². The molecule has 0 amide bonds. The van der Waals surface area contributed by atoms with Crippen molar-refractivity contribution in [3.8, 4) is 0 Å². The molecule has 0 bridgehead atoms. The molecule has 15 heavy (non-hydrogen) atoms. The van der Waals surface area contributed by atoms with Gasteiger partial charge >= 0.3 is 0 Å². The highest BCUT2D eigenvalue weighted by Crippen LogP contribution is 2.00. The summed E-state index contributed by atoms with van der Waals surface area (Å²) in [4.78, 5) is 4.77. The zero-order chi connectivity index (χ0) is 11.3. The summed E-state index contributed by atoms with van der Waals surface area (Å²) >= 11 is 0. The molecule has 1 atom stereocenters. The molecule has 0 aromatic rings.